The van der Waals surface area contributed by atoms with Crippen molar-refractivity contribution >= 4 is 56.9 Å². The quantitative estimate of drug-likeness (QED) is 0.626. The van der Waals surface area contributed by atoms with Gasteiger partial charge in [-0.1, -0.05) is 48.2 Å². The monoisotopic (exact) mass is 343 g/mol. The van der Waals surface area contributed by atoms with Gasteiger partial charge in [0.05, 0.1) is 9.78 Å². The average Bonchev–Trinajstić information content (AvgIpc) is 3.16. The lowest BCUT2D eigenvalue weighted by Gasteiger charge is -2.20. The number of carbonyl (C=O) groups excluding carboxylic acids is 1. The summed E-state index contributed by atoms with van der Waals surface area (Å²) in [5.41, 5.74) is 1.76. The Bertz CT molecular complexity index is 850. The summed E-state index contributed by atoms with van der Waals surface area (Å²) in [6, 6.07) is 11.7. The molecule has 0 saturated carbocycles. The molecule has 108 valence electrons. The van der Waals surface area contributed by atoms with Gasteiger partial charge in [-0.2, -0.15) is 0 Å². The van der Waals surface area contributed by atoms with Crippen molar-refractivity contribution in [2.45, 2.75) is 0 Å². The van der Waals surface area contributed by atoms with Crippen LogP contribution < -0.4 is 10.1 Å². The zero-order valence-electron chi connectivity index (χ0n) is 11.2. The van der Waals surface area contributed by atoms with Gasteiger partial charge in [0.1, 0.15) is 15.8 Å². The van der Waals surface area contributed by atoms with Gasteiger partial charge in [-0.25, -0.2) is 0 Å². The molecule has 2 aliphatic rings. The zero-order valence-corrected chi connectivity index (χ0v) is 13.6. The van der Waals surface area contributed by atoms with E-state index in [1.807, 2.05) is 47.9 Å². The van der Waals surface area contributed by atoms with Gasteiger partial charge >= 0.3 is 0 Å². The van der Waals surface area contributed by atoms with E-state index in [9.17, 15) is 4.79 Å². The van der Waals surface area contributed by atoms with Crippen LogP contribution in [-0.4, -0.2) is 10.2 Å². The van der Waals surface area contributed by atoms with E-state index in [-0.39, 0.29) is 5.91 Å². The summed E-state index contributed by atoms with van der Waals surface area (Å²) in [6.07, 6.45) is 1.92. The molecule has 1 amide bonds. The number of hydrogen-bond donors (Lipinski definition) is 1. The first kappa shape index (κ1) is 13.8. The number of thioether (sulfide) groups is 1. The van der Waals surface area contributed by atoms with Gasteiger partial charge in [0.25, 0.3) is 5.91 Å². The molecule has 0 spiro atoms. The molecule has 1 N–H and O–H groups in total. The van der Waals surface area contributed by atoms with Crippen LogP contribution in [0.15, 0.2) is 52.8 Å². The number of carbonyl (C=O) groups is 1. The third-order valence-corrected chi connectivity index (χ3v) is 5.43. The van der Waals surface area contributed by atoms with Gasteiger partial charge in [0.2, 0.25) is 0 Å². The number of amides is 1. The molecule has 0 atom stereocenters. The van der Waals surface area contributed by atoms with Crippen LogP contribution >= 0.6 is 35.3 Å². The fourth-order valence-electron chi connectivity index (χ4n) is 2.35. The summed E-state index contributed by atoms with van der Waals surface area (Å²) >= 11 is 7.99. The van der Waals surface area contributed by atoms with Crippen molar-refractivity contribution in [1.29, 1.82) is 0 Å². The third kappa shape index (κ3) is 2.29. The highest BCUT2D eigenvalue weighted by Crippen LogP contribution is 2.42. The van der Waals surface area contributed by atoms with E-state index in [4.69, 9.17) is 17.0 Å². The zero-order chi connectivity index (χ0) is 15.1. The van der Waals surface area contributed by atoms with E-state index >= 15 is 0 Å². The van der Waals surface area contributed by atoms with Crippen LogP contribution in [-0.2, 0) is 4.79 Å². The number of nitrogens with one attached hydrogen (secondary N) is 1. The minimum absolute atomic E-state index is 0.150. The van der Waals surface area contributed by atoms with Gasteiger partial charge in [-0.15, -0.1) is 11.3 Å². The fraction of sp³-hybridized carbons (Fsp3) is 0. The number of ether oxygens (including phenoxy) is 1. The first-order chi connectivity index (χ1) is 10.7. The Morgan fingerprint density at radius 2 is 2.00 bits per heavy atom. The van der Waals surface area contributed by atoms with Crippen LogP contribution in [0.3, 0.4) is 0 Å². The number of thiocarbonyl (C=S) groups is 1. The summed E-state index contributed by atoms with van der Waals surface area (Å²) < 4.78 is 6.48. The number of thiophene rings is 1. The van der Waals surface area contributed by atoms with Crippen molar-refractivity contribution in [3.63, 3.8) is 0 Å². The van der Waals surface area contributed by atoms with E-state index in [0.717, 1.165) is 27.5 Å². The van der Waals surface area contributed by atoms with Crippen molar-refractivity contribution < 1.29 is 9.53 Å². The van der Waals surface area contributed by atoms with Gasteiger partial charge in [-0.05, 0) is 23.6 Å². The van der Waals surface area contributed by atoms with Crippen molar-refractivity contribution in [2.75, 3.05) is 0 Å². The predicted molar refractivity (Wildman–Crippen MR) is 94.6 cm³/mol. The van der Waals surface area contributed by atoms with Gasteiger partial charge < -0.3 is 10.1 Å². The summed E-state index contributed by atoms with van der Waals surface area (Å²) in [6.45, 7) is 0. The van der Waals surface area contributed by atoms with Crippen molar-refractivity contribution in [1.82, 2.24) is 5.32 Å². The second kappa shape index (κ2) is 5.39. The lowest BCUT2D eigenvalue weighted by Crippen LogP contribution is -2.18. The van der Waals surface area contributed by atoms with Gasteiger partial charge in [-0.3, -0.25) is 4.79 Å². The highest BCUT2D eigenvalue weighted by Gasteiger charge is 2.29. The summed E-state index contributed by atoms with van der Waals surface area (Å²) in [5, 5.41) is 4.67. The minimum Gasteiger partial charge on any atom is -0.455 e. The van der Waals surface area contributed by atoms with Crippen molar-refractivity contribution in [2.24, 2.45) is 0 Å². The van der Waals surface area contributed by atoms with Crippen molar-refractivity contribution in [3.05, 3.63) is 63.2 Å². The number of benzene rings is 1. The van der Waals surface area contributed by atoms with E-state index in [1.165, 1.54) is 11.8 Å². The summed E-state index contributed by atoms with van der Waals surface area (Å²) in [5.74, 6) is 1.35. The maximum Gasteiger partial charge on any atom is 0.264 e. The van der Waals surface area contributed by atoms with Crippen LogP contribution in [0, 0.1) is 0 Å². The Hall–Kier alpha value is -1.89. The number of para-hydroxylation sites is 1. The molecule has 22 heavy (non-hydrogen) atoms. The highest BCUT2D eigenvalue weighted by molar-refractivity contribution is 8.26. The highest BCUT2D eigenvalue weighted by atomic mass is 32.2. The maximum atomic E-state index is 12.1. The predicted octanol–water partition coefficient (Wildman–Crippen LogP) is 4.04. The number of fused-ring (bicyclic) bond motifs is 1. The summed E-state index contributed by atoms with van der Waals surface area (Å²) in [7, 11) is 0. The standard InChI is InChI=1S/C16H9NO2S3/c18-15-14(22-16(20)17-15)10-8-12(13-6-3-7-21-13)19-11-5-2-1-4-9(10)11/h1-8H,(H,17,18,20). The fourth-order valence-corrected chi connectivity index (χ4v) is 4.13. The number of hydrogen-bond acceptors (Lipinski definition) is 5. The van der Waals surface area contributed by atoms with Crippen LogP contribution in [0.1, 0.15) is 10.4 Å². The molecule has 1 aromatic carbocycles. The topological polar surface area (TPSA) is 38.3 Å². The molecule has 0 bridgehead atoms. The lowest BCUT2D eigenvalue weighted by atomic mass is 10.0. The SMILES string of the molecule is O=C1NC(=S)SC1=C1C=C(c2cccs2)Oc2ccccc21. The van der Waals surface area contributed by atoms with Crippen molar-refractivity contribution in [3.8, 4) is 5.75 Å². The molecule has 3 nitrogen and oxygen atoms in total. The van der Waals surface area contributed by atoms with Gasteiger partial charge in [0.15, 0.2) is 0 Å². The molecule has 0 unspecified atom stereocenters. The molecule has 2 aliphatic heterocycles. The van der Waals surface area contributed by atoms with Crippen LogP contribution in [0.25, 0.3) is 11.3 Å². The molecular weight excluding hydrogens is 334 g/mol. The van der Waals surface area contributed by atoms with E-state index in [2.05, 4.69) is 5.32 Å². The Morgan fingerprint density at radius 3 is 2.73 bits per heavy atom. The minimum atomic E-state index is -0.150. The average molecular weight is 343 g/mol. The third-order valence-electron chi connectivity index (χ3n) is 3.30. The normalized spacial score (nSPS) is 20.3. The Morgan fingerprint density at radius 1 is 1.14 bits per heavy atom. The molecule has 0 radical (unpaired) electrons. The molecule has 4 rings (SSSR count). The maximum absolute atomic E-state index is 12.1. The van der Waals surface area contributed by atoms with Crippen LogP contribution in [0.2, 0.25) is 0 Å². The first-order valence-electron chi connectivity index (χ1n) is 6.52. The second-order valence-electron chi connectivity index (χ2n) is 4.67. The Balaban J connectivity index is 1.93. The Labute approximate surface area is 140 Å². The first-order valence-corrected chi connectivity index (χ1v) is 8.63. The molecule has 3 heterocycles. The van der Waals surface area contributed by atoms with Crippen LogP contribution in [0.5, 0.6) is 5.75 Å². The molecule has 1 aromatic heterocycles. The lowest BCUT2D eigenvalue weighted by molar-refractivity contribution is -0.115. The molecule has 1 saturated heterocycles. The number of rotatable bonds is 1. The van der Waals surface area contributed by atoms with E-state index in [1.54, 1.807) is 11.3 Å². The molecule has 6 heteroatoms. The van der Waals surface area contributed by atoms with Crippen LogP contribution in [0.4, 0.5) is 0 Å². The Kier molecular flexibility index (Phi) is 3.37. The molecule has 0 aliphatic carbocycles. The number of allylic oxidation sites excluding steroid dienone is 2. The second-order valence-corrected chi connectivity index (χ2v) is 7.31. The van der Waals surface area contributed by atoms with E-state index < -0.39 is 0 Å². The van der Waals surface area contributed by atoms with E-state index in [0.29, 0.717) is 9.23 Å². The molecular formula is C16H9NO2S3. The largest absolute Gasteiger partial charge is 0.455 e. The smallest absolute Gasteiger partial charge is 0.264 e. The van der Waals surface area contributed by atoms with Gasteiger partial charge in [0, 0.05) is 11.1 Å². The molecule has 1 fully saturated rings. The summed E-state index contributed by atoms with van der Waals surface area (Å²) in [4.78, 5) is 13.8. The molecule has 2 aromatic rings.